The summed E-state index contributed by atoms with van der Waals surface area (Å²) in [6.07, 6.45) is 5.20. The highest BCUT2D eigenvalue weighted by molar-refractivity contribution is 6.27. The predicted molar refractivity (Wildman–Crippen MR) is 52.9 cm³/mol. The third-order valence-corrected chi connectivity index (χ3v) is 2.42. The van der Waals surface area contributed by atoms with Gasteiger partial charge in [-0.05, 0) is 18.2 Å². The second-order valence-corrected chi connectivity index (χ2v) is 3.28. The third-order valence-electron chi connectivity index (χ3n) is 2.42. The van der Waals surface area contributed by atoms with Crippen molar-refractivity contribution in [2.45, 2.75) is 0 Å². The Morgan fingerprint density at radius 3 is 2.93 bits per heavy atom. The molecule has 2 heteroatoms. The second-order valence-electron chi connectivity index (χ2n) is 3.28. The Balaban J connectivity index is 2.51. The Kier molecular flexibility index (Phi) is 1.34. The van der Waals surface area contributed by atoms with Crippen molar-refractivity contribution in [3.05, 3.63) is 58.8 Å². The number of hydrogen-bond acceptors (Lipinski definition) is 2. The average Bonchev–Trinajstić information content (AvgIpc) is 2.57. The van der Waals surface area contributed by atoms with Crippen LogP contribution in [0.4, 0.5) is 0 Å². The number of carbonyl (C=O) groups excluding carboxylic acids is 1. The first-order valence-electron chi connectivity index (χ1n) is 4.47. The van der Waals surface area contributed by atoms with Gasteiger partial charge in [-0.1, -0.05) is 24.3 Å². The summed E-state index contributed by atoms with van der Waals surface area (Å²) in [4.78, 5) is 16.0. The zero-order valence-electron chi connectivity index (χ0n) is 7.40. The highest BCUT2D eigenvalue weighted by Gasteiger charge is 2.19. The summed E-state index contributed by atoms with van der Waals surface area (Å²) in [6.45, 7) is 0. The van der Waals surface area contributed by atoms with E-state index in [2.05, 4.69) is 4.99 Å². The van der Waals surface area contributed by atoms with Crippen LogP contribution in [0.25, 0.3) is 5.57 Å². The van der Waals surface area contributed by atoms with Crippen molar-refractivity contribution in [3.63, 3.8) is 0 Å². The lowest BCUT2D eigenvalue weighted by atomic mass is 10.0. The number of fused-ring (bicyclic) bond motifs is 2. The van der Waals surface area contributed by atoms with Gasteiger partial charge in [0, 0.05) is 5.22 Å². The van der Waals surface area contributed by atoms with Crippen molar-refractivity contribution in [2.75, 3.05) is 0 Å². The molecule has 0 atom stereocenters. The Morgan fingerprint density at radius 2 is 2.00 bits per heavy atom. The molecule has 14 heavy (non-hydrogen) atoms. The van der Waals surface area contributed by atoms with Gasteiger partial charge < -0.3 is 0 Å². The molecule has 3 rings (SSSR count). The van der Waals surface area contributed by atoms with Gasteiger partial charge in [-0.2, -0.15) is 0 Å². The van der Waals surface area contributed by atoms with Crippen molar-refractivity contribution in [2.24, 2.45) is 4.99 Å². The van der Waals surface area contributed by atoms with E-state index in [0.29, 0.717) is 0 Å². The fourth-order valence-electron chi connectivity index (χ4n) is 1.80. The van der Waals surface area contributed by atoms with Gasteiger partial charge in [0.25, 0.3) is 0 Å². The molecule has 1 aromatic rings. The maximum Gasteiger partial charge on any atom is 0.188 e. The molecule has 1 heterocycles. The molecule has 0 fully saturated rings. The standard InChI is InChI=1S/C12H7NO/c14-11-7-3-6-10-12(11)8-4-1-2-5-9(8)13-10/h1-7H. The van der Waals surface area contributed by atoms with Crippen LogP contribution in [0.3, 0.4) is 0 Å². The van der Waals surface area contributed by atoms with E-state index in [0.717, 1.165) is 21.8 Å². The first kappa shape index (κ1) is 7.44. The van der Waals surface area contributed by atoms with E-state index in [1.165, 1.54) is 0 Å². The minimum atomic E-state index is 0.0520. The minimum absolute atomic E-state index is 0.0520. The second kappa shape index (κ2) is 2.51. The molecule has 2 aliphatic rings. The van der Waals surface area contributed by atoms with E-state index < -0.39 is 0 Å². The van der Waals surface area contributed by atoms with Crippen LogP contribution in [-0.2, 0) is 4.79 Å². The molecule has 0 radical (unpaired) electrons. The predicted octanol–water partition coefficient (Wildman–Crippen LogP) is 0.493. The summed E-state index contributed by atoms with van der Waals surface area (Å²) in [5.41, 5.74) is 1.53. The molecular formula is C12H7NO. The maximum atomic E-state index is 11.6. The van der Waals surface area contributed by atoms with Gasteiger partial charge >= 0.3 is 0 Å². The number of ketones is 1. The van der Waals surface area contributed by atoms with Crippen molar-refractivity contribution in [1.29, 1.82) is 0 Å². The maximum absolute atomic E-state index is 11.6. The molecule has 0 saturated heterocycles. The van der Waals surface area contributed by atoms with E-state index in [9.17, 15) is 4.79 Å². The number of allylic oxidation sites excluding steroid dienone is 4. The number of carbonyl (C=O) groups is 1. The lowest BCUT2D eigenvalue weighted by molar-refractivity contribution is -0.109. The van der Waals surface area contributed by atoms with E-state index in [1.807, 2.05) is 30.3 Å². The van der Waals surface area contributed by atoms with Crippen LogP contribution in [0.2, 0.25) is 0 Å². The normalized spacial score (nSPS) is 17.3. The van der Waals surface area contributed by atoms with Crippen molar-refractivity contribution >= 4 is 11.4 Å². The molecule has 0 aromatic heterocycles. The molecule has 0 N–H and O–H groups in total. The number of benzene rings is 1. The SMILES string of the molecule is O=C1C=CC=C2N=c3ccccc3=C12. The highest BCUT2D eigenvalue weighted by Crippen LogP contribution is 2.18. The number of rotatable bonds is 0. The summed E-state index contributed by atoms with van der Waals surface area (Å²) < 4.78 is 0. The van der Waals surface area contributed by atoms with E-state index in [1.54, 1.807) is 12.2 Å². The van der Waals surface area contributed by atoms with Gasteiger partial charge in [0.2, 0.25) is 0 Å². The van der Waals surface area contributed by atoms with Gasteiger partial charge in [0.1, 0.15) is 0 Å². The summed E-state index contributed by atoms with van der Waals surface area (Å²) in [5.74, 6) is 0.0520. The van der Waals surface area contributed by atoms with Crippen LogP contribution in [0.15, 0.2) is 53.2 Å². The van der Waals surface area contributed by atoms with Crippen LogP contribution in [0.5, 0.6) is 0 Å². The Hall–Kier alpha value is -1.96. The first-order chi connectivity index (χ1) is 6.86. The lowest BCUT2D eigenvalue weighted by Crippen LogP contribution is -2.24. The van der Waals surface area contributed by atoms with Gasteiger partial charge in [-0.3, -0.25) is 4.79 Å². The van der Waals surface area contributed by atoms with Crippen molar-refractivity contribution in [1.82, 2.24) is 0 Å². The van der Waals surface area contributed by atoms with Crippen LogP contribution in [-0.4, -0.2) is 5.78 Å². The largest absolute Gasteiger partial charge is 0.289 e. The van der Waals surface area contributed by atoms with Crippen molar-refractivity contribution < 1.29 is 4.79 Å². The Bertz CT molecular complexity index is 605. The number of hydrogen-bond donors (Lipinski definition) is 0. The molecule has 66 valence electrons. The zero-order valence-corrected chi connectivity index (χ0v) is 7.40. The zero-order chi connectivity index (χ0) is 9.54. The molecule has 0 bridgehead atoms. The quantitative estimate of drug-likeness (QED) is 0.573. The molecule has 1 aliphatic carbocycles. The molecule has 1 aromatic carbocycles. The lowest BCUT2D eigenvalue weighted by Gasteiger charge is -2.02. The van der Waals surface area contributed by atoms with Crippen LogP contribution < -0.4 is 10.6 Å². The average molecular weight is 181 g/mol. The highest BCUT2D eigenvalue weighted by atomic mass is 16.1. The summed E-state index contributed by atoms with van der Waals surface area (Å²) in [7, 11) is 0. The molecule has 0 saturated carbocycles. The van der Waals surface area contributed by atoms with Crippen LogP contribution in [0, 0.1) is 0 Å². The summed E-state index contributed by atoms with van der Waals surface area (Å²) >= 11 is 0. The molecule has 0 unspecified atom stereocenters. The Morgan fingerprint density at radius 1 is 1.14 bits per heavy atom. The molecule has 0 spiro atoms. The van der Waals surface area contributed by atoms with E-state index >= 15 is 0 Å². The molecule has 0 amide bonds. The van der Waals surface area contributed by atoms with Gasteiger partial charge in [0.05, 0.1) is 16.6 Å². The van der Waals surface area contributed by atoms with Crippen LogP contribution >= 0.6 is 0 Å². The monoisotopic (exact) mass is 181 g/mol. The third kappa shape index (κ3) is 0.852. The van der Waals surface area contributed by atoms with Gasteiger partial charge in [-0.15, -0.1) is 0 Å². The minimum Gasteiger partial charge on any atom is -0.289 e. The van der Waals surface area contributed by atoms with Gasteiger partial charge in [-0.25, -0.2) is 4.99 Å². The van der Waals surface area contributed by atoms with Crippen LogP contribution in [0.1, 0.15) is 0 Å². The summed E-state index contributed by atoms with van der Waals surface area (Å²) in [6, 6.07) is 7.72. The van der Waals surface area contributed by atoms with E-state index in [-0.39, 0.29) is 5.78 Å². The number of para-hydroxylation sites is 1. The van der Waals surface area contributed by atoms with E-state index in [4.69, 9.17) is 0 Å². The smallest absolute Gasteiger partial charge is 0.188 e. The van der Waals surface area contributed by atoms with Crippen molar-refractivity contribution in [3.8, 4) is 0 Å². The fraction of sp³-hybridized carbons (Fsp3) is 0. The Labute approximate surface area is 80.6 Å². The number of nitrogens with zero attached hydrogens (tertiary/aromatic N) is 1. The summed E-state index contributed by atoms with van der Waals surface area (Å²) in [5, 5.41) is 1.85. The topological polar surface area (TPSA) is 29.4 Å². The fourth-order valence-corrected chi connectivity index (χ4v) is 1.80. The van der Waals surface area contributed by atoms with Gasteiger partial charge in [0.15, 0.2) is 5.78 Å². The first-order valence-corrected chi connectivity index (χ1v) is 4.47. The molecule has 2 nitrogen and oxygen atoms in total. The molecule has 1 aliphatic heterocycles. The molecular weight excluding hydrogens is 174 g/mol.